The fourth-order valence-corrected chi connectivity index (χ4v) is 0.412. The van der Waals surface area contributed by atoms with E-state index in [1.807, 2.05) is 0 Å². The van der Waals surface area contributed by atoms with Crippen LogP contribution in [0.25, 0.3) is 0 Å². The number of benzene rings is 1. The van der Waals surface area contributed by atoms with E-state index >= 15 is 0 Å². The van der Waals surface area contributed by atoms with Gasteiger partial charge in [-0.2, -0.15) is 6.07 Å². The fraction of sp³-hybridized carbons (Fsp3) is 0. The molecule has 0 saturated carbocycles. The minimum atomic E-state index is -0.662. The number of halogens is 3. The predicted molar refractivity (Wildman–Crippen MR) is 25.2 cm³/mol. The first-order valence-corrected chi connectivity index (χ1v) is 2.12. The zero-order chi connectivity index (χ0) is 5.98. The third-order valence-electron chi connectivity index (χ3n) is 0.728. The molecule has 0 saturated heterocycles. The smallest absolute Gasteiger partial charge is 1.00 e. The molecule has 0 aliphatic heterocycles. The van der Waals surface area contributed by atoms with Crippen molar-refractivity contribution in [2.45, 2.75) is 0 Å². The van der Waals surface area contributed by atoms with Crippen molar-refractivity contribution in [1.82, 2.24) is 0 Å². The van der Waals surface area contributed by atoms with Crippen molar-refractivity contribution in [3.63, 3.8) is 0 Å². The van der Waals surface area contributed by atoms with Crippen LogP contribution in [0.4, 0.5) is 8.78 Å². The van der Waals surface area contributed by atoms with Crippen LogP contribution in [0.3, 0.4) is 0 Å². The first-order valence-electron chi connectivity index (χ1n) is 2.12. The van der Waals surface area contributed by atoms with Gasteiger partial charge in [0.1, 0.15) is 0 Å². The van der Waals surface area contributed by atoms with Gasteiger partial charge in [-0.25, -0.2) is 8.78 Å². The maximum atomic E-state index is 11.9. The molecule has 0 aromatic heterocycles. The summed E-state index contributed by atoms with van der Waals surface area (Å²) in [5.74, 6) is -1.23. The van der Waals surface area contributed by atoms with Crippen molar-refractivity contribution >= 4 is 0 Å². The molecule has 0 spiro atoms. The van der Waals surface area contributed by atoms with Crippen LogP contribution < -0.4 is 12.4 Å². The summed E-state index contributed by atoms with van der Waals surface area (Å²) in [5, 5.41) is 0. The molecule has 0 aliphatic rings. The van der Waals surface area contributed by atoms with E-state index in [-0.39, 0.29) is 31.9 Å². The molecule has 0 N–H and O–H groups in total. The van der Waals surface area contributed by atoms with E-state index in [2.05, 4.69) is 6.07 Å². The number of rotatable bonds is 0. The van der Waals surface area contributed by atoms with Crippen molar-refractivity contribution in [2.24, 2.45) is 0 Å². The van der Waals surface area contributed by atoms with Gasteiger partial charge in [0, 0.05) is 11.6 Å². The van der Waals surface area contributed by atoms with Gasteiger partial charge >= 0.3 is 19.5 Å². The van der Waals surface area contributed by atoms with E-state index in [1.54, 1.807) is 0 Å². The monoisotopic (exact) mass is 212 g/mol. The van der Waals surface area contributed by atoms with Crippen LogP contribution >= 0.6 is 0 Å². The van der Waals surface area contributed by atoms with Gasteiger partial charge in [-0.05, 0) is 0 Å². The quantitative estimate of drug-likeness (QED) is 0.374. The topological polar surface area (TPSA) is 0 Å². The second-order valence-corrected chi connectivity index (χ2v) is 1.35. The Morgan fingerprint density at radius 1 is 1.30 bits per heavy atom. The van der Waals surface area contributed by atoms with Crippen LogP contribution in [0.1, 0.15) is 0 Å². The summed E-state index contributed by atoms with van der Waals surface area (Å²) < 4.78 is 23.8. The van der Waals surface area contributed by atoms with Crippen molar-refractivity contribution in [1.29, 1.82) is 0 Å². The summed E-state index contributed by atoms with van der Waals surface area (Å²) in [7, 11) is 0. The summed E-state index contributed by atoms with van der Waals surface area (Å²) in [4.78, 5) is 0. The summed E-state index contributed by atoms with van der Waals surface area (Å²) in [6, 6.07) is 5.28. The molecule has 50 valence electrons. The minimum Gasteiger partial charge on any atom is -1.00 e. The maximum absolute atomic E-state index is 11.9. The van der Waals surface area contributed by atoms with Gasteiger partial charge in [0.2, 0.25) is 0 Å². The Morgan fingerprint density at radius 3 is 2.20 bits per heavy atom. The van der Waals surface area contributed by atoms with Gasteiger partial charge in [0.05, 0.1) is 0 Å². The molecular weight excluding hydrogens is 211 g/mol. The number of hydrogen-bond donors (Lipinski definition) is 0. The largest absolute Gasteiger partial charge is 2.00 e. The van der Waals surface area contributed by atoms with Crippen LogP contribution in [0.5, 0.6) is 0 Å². The molecule has 0 atom stereocenters. The van der Waals surface area contributed by atoms with Gasteiger partial charge in [-0.15, -0.1) is 18.2 Å². The fourth-order valence-electron chi connectivity index (χ4n) is 0.412. The van der Waals surface area contributed by atoms with Crippen LogP contribution in [-0.4, -0.2) is 0 Å². The number of hydrogen-bond acceptors (Lipinski definition) is 0. The van der Waals surface area contributed by atoms with Crippen molar-refractivity contribution in [3.8, 4) is 0 Å². The molecule has 0 fully saturated rings. The van der Waals surface area contributed by atoms with Crippen LogP contribution in [-0.2, 0) is 19.5 Å². The SMILES string of the molecule is Fc1[c-]ccc(F)c1.[Cl-].[Zn+2]. The van der Waals surface area contributed by atoms with Crippen LogP contribution in [0.15, 0.2) is 18.2 Å². The molecule has 0 aliphatic carbocycles. The van der Waals surface area contributed by atoms with Crippen molar-refractivity contribution < 1.29 is 40.7 Å². The molecule has 0 unspecified atom stereocenters. The molecule has 0 amide bonds. The molecule has 4 heteroatoms. The van der Waals surface area contributed by atoms with E-state index in [1.165, 1.54) is 6.07 Å². The van der Waals surface area contributed by atoms with E-state index in [9.17, 15) is 8.78 Å². The van der Waals surface area contributed by atoms with E-state index in [4.69, 9.17) is 0 Å². The second kappa shape index (κ2) is 5.75. The average Bonchev–Trinajstić information content (AvgIpc) is 1.64. The van der Waals surface area contributed by atoms with Crippen molar-refractivity contribution in [2.75, 3.05) is 0 Å². The van der Waals surface area contributed by atoms with Gasteiger partial charge in [0.25, 0.3) is 0 Å². The molecule has 1 rings (SSSR count). The molecular formula is C6H3ClF2Zn. The molecule has 0 heterocycles. The normalized spacial score (nSPS) is 7.40. The standard InChI is InChI=1S/C6H3F2.ClH.Zn/c7-5-2-1-3-6(8)4-5;;/h1-2,4H;1H;/q-1;;+2/p-1. The molecule has 0 nitrogen and oxygen atoms in total. The van der Waals surface area contributed by atoms with Gasteiger partial charge < -0.3 is 12.4 Å². The predicted octanol–water partition coefficient (Wildman–Crippen LogP) is -1.23. The molecule has 1 aromatic carbocycles. The Kier molecular flexibility index (Phi) is 7.28. The zero-order valence-corrected chi connectivity index (χ0v) is 8.80. The molecule has 10 heavy (non-hydrogen) atoms. The Balaban J connectivity index is 0. The Hall–Kier alpha value is -0.00662. The minimum absolute atomic E-state index is 0. The summed E-state index contributed by atoms with van der Waals surface area (Å²) in [5.41, 5.74) is 0. The summed E-state index contributed by atoms with van der Waals surface area (Å²) in [6.45, 7) is 0. The van der Waals surface area contributed by atoms with E-state index in [0.29, 0.717) is 0 Å². The van der Waals surface area contributed by atoms with Gasteiger partial charge in [-0.3, -0.25) is 0 Å². The third-order valence-corrected chi connectivity index (χ3v) is 0.728. The summed E-state index contributed by atoms with van der Waals surface area (Å²) in [6.07, 6.45) is 0. The Labute approximate surface area is 76.8 Å². The van der Waals surface area contributed by atoms with Gasteiger partial charge in [-0.1, -0.05) is 0 Å². The van der Waals surface area contributed by atoms with Crippen molar-refractivity contribution in [3.05, 3.63) is 35.9 Å². The van der Waals surface area contributed by atoms with Crippen LogP contribution in [0, 0.1) is 17.7 Å². The first kappa shape index (κ1) is 12.7. The molecule has 0 radical (unpaired) electrons. The second-order valence-electron chi connectivity index (χ2n) is 1.35. The molecule has 0 bridgehead atoms. The Bertz CT molecular complexity index is 176. The van der Waals surface area contributed by atoms with E-state index < -0.39 is 11.6 Å². The van der Waals surface area contributed by atoms with E-state index in [0.717, 1.165) is 12.1 Å². The van der Waals surface area contributed by atoms with Gasteiger partial charge in [0.15, 0.2) is 0 Å². The summed E-state index contributed by atoms with van der Waals surface area (Å²) >= 11 is 0. The maximum Gasteiger partial charge on any atom is 2.00 e. The first-order chi connectivity index (χ1) is 3.79. The Morgan fingerprint density at radius 2 is 1.90 bits per heavy atom. The van der Waals surface area contributed by atoms with Crippen LogP contribution in [0.2, 0.25) is 0 Å². The molecule has 1 aromatic rings. The zero-order valence-electron chi connectivity index (χ0n) is 5.07. The average molecular weight is 214 g/mol. The third kappa shape index (κ3) is 3.91.